The predicted octanol–water partition coefficient (Wildman–Crippen LogP) is 2.80. The molecule has 0 bridgehead atoms. The minimum atomic E-state index is -0.0780. The van der Waals surface area contributed by atoms with Crippen LogP contribution < -0.4 is 5.32 Å². The highest BCUT2D eigenvalue weighted by atomic mass is 16.5. The third-order valence-corrected chi connectivity index (χ3v) is 2.75. The van der Waals surface area contributed by atoms with Gasteiger partial charge in [0.1, 0.15) is 0 Å². The van der Waals surface area contributed by atoms with Crippen LogP contribution in [0.15, 0.2) is 48.2 Å². The number of hydrogen-bond acceptors (Lipinski definition) is 2. The number of ether oxygens (including phenoxy) is 1. The van der Waals surface area contributed by atoms with E-state index in [1.807, 2.05) is 36.4 Å². The number of rotatable bonds is 4. The Hall–Kier alpha value is -1.87. The Morgan fingerprint density at radius 1 is 1.39 bits per heavy atom. The Kier molecular flexibility index (Phi) is 4.31. The molecule has 0 spiro atoms. The van der Waals surface area contributed by atoms with Gasteiger partial charge in [-0.1, -0.05) is 24.3 Å². The van der Waals surface area contributed by atoms with E-state index in [2.05, 4.69) is 11.4 Å². The fourth-order valence-corrected chi connectivity index (χ4v) is 1.88. The summed E-state index contributed by atoms with van der Waals surface area (Å²) in [7, 11) is 1.64. The molecular formula is C15H17NO2. The summed E-state index contributed by atoms with van der Waals surface area (Å²) in [5, 5.41) is 2.90. The molecule has 1 aromatic carbocycles. The predicted molar refractivity (Wildman–Crippen MR) is 71.1 cm³/mol. The highest BCUT2D eigenvalue weighted by Gasteiger charge is 2.07. The molecule has 3 nitrogen and oxygen atoms in total. The van der Waals surface area contributed by atoms with E-state index in [1.165, 1.54) is 0 Å². The summed E-state index contributed by atoms with van der Waals surface area (Å²) in [4.78, 5) is 12.0. The molecule has 0 aliphatic heterocycles. The SMILES string of the molecule is COCc1cccc(C(=O)NC2=CCCC=C2)c1. The number of methoxy groups -OCH3 is 1. The van der Waals surface area contributed by atoms with Gasteiger partial charge in [-0.05, 0) is 36.6 Å². The smallest absolute Gasteiger partial charge is 0.255 e. The third-order valence-electron chi connectivity index (χ3n) is 2.75. The van der Waals surface area contributed by atoms with Crippen LogP contribution in [0.2, 0.25) is 0 Å². The molecule has 0 saturated heterocycles. The summed E-state index contributed by atoms with van der Waals surface area (Å²) in [6.07, 6.45) is 8.08. The number of amides is 1. The molecule has 0 aromatic heterocycles. The van der Waals surface area contributed by atoms with Crippen LogP contribution in [-0.2, 0) is 11.3 Å². The van der Waals surface area contributed by atoms with Crippen molar-refractivity contribution >= 4 is 5.91 Å². The second-order valence-electron chi connectivity index (χ2n) is 4.23. The van der Waals surface area contributed by atoms with E-state index in [9.17, 15) is 4.79 Å². The van der Waals surface area contributed by atoms with Crippen molar-refractivity contribution in [2.24, 2.45) is 0 Å². The molecule has 94 valence electrons. The molecular weight excluding hydrogens is 226 g/mol. The van der Waals surface area contributed by atoms with Crippen molar-refractivity contribution < 1.29 is 9.53 Å². The summed E-state index contributed by atoms with van der Waals surface area (Å²) < 4.78 is 5.06. The Morgan fingerprint density at radius 2 is 2.28 bits per heavy atom. The second-order valence-corrected chi connectivity index (χ2v) is 4.23. The van der Waals surface area contributed by atoms with Gasteiger partial charge >= 0.3 is 0 Å². The van der Waals surface area contributed by atoms with Crippen LogP contribution in [0.1, 0.15) is 28.8 Å². The molecule has 0 unspecified atom stereocenters. The normalized spacial score (nSPS) is 14.2. The zero-order valence-corrected chi connectivity index (χ0v) is 10.5. The summed E-state index contributed by atoms with van der Waals surface area (Å²) >= 11 is 0. The molecule has 1 aliphatic carbocycles. The maximum Gasteiger partial charge on any atom is 0.255 e. The molecule has 3 heteroatoms. The Balaban J connectivity index is 2.06. The van der Waals surface area contributed by atoms with Gasteiger partial charge in [0, 0.05) is 18.4 Å². The standard InChI is InChI=1S/C15H17NO2/c1-18-11-12-6-5-7-13(10-12)15(17)16-14-8-3-2-4-9-14/h3,5-10H,2,4,11H2,1H3,(H,16,17). The van der Waals surface area contributed by atoms with E-state index in [4.69, 9.17) is 4.74 Å². The molecule has 0 saturated carbocycles. The van der Waals surface area contributed by atoms with Crippen molar-refractivity contribution in [1.29, 1.82) is 0 Å². The van der Waals surface area contributed by atoms with Crippen LogP contribution in [0.4, 0.5) is 0 Å². The van der Waals surface area contributed by atoms with Gasteiger partial charge in [0.15, 0.2) is 0 Å². The van der Waals surface area contributed by atoms with Crippen LogP contribution in [0.25, 0.3) is 0 Å². The Morgan fingerprint density at radius 3 is 3.00 bits per heavy atom. The van der Waals surface area contributed by atoms with Gasteiger partial charge in [0.25, 0.3) is 5.91 Å². The minimum Gasteiger partial charge on any atom is -0.380 e. The Labute approximate surface area is 107 Å². The summed E-state index contributed by atoms with van der Waals surface area (Å²) in [5.41, 5.74) is 2.53. The lowest BCUT2D eigenvalue weighted by atomic mass is 10.1. The van der Waals surface area contributed by atoms with E-state index in [0.717, 1.165) is 24.1 Å². The van der Waals surface area contributed by atoms with Crippen LogP contribution in [-0.4, -0.2) is 13.0 Å². The molecule has 1 N–H and O–H groups in total. The molecule has 1 amide bonds. The maximum atomic E-state index is 12.0. The number of carbonyl (C=O) groups excluding carboxylic acids is 1. The average Bonchev–Trinajstić information content (AvgIpc) is 2.40. The van der Waals surface area contributed by atoms with Gasteiger partial charge in [-0.3, -0.25) is 4.79 Å². The first-order valence-electron chi connectivity index (χ1n) is 6.05. The van der Waals surface area contributed by atoms with Gasteiger partial charge < -0.3 is 10.1 Å². The van der Waals surface area contributed by atoms with Crippen molar-refractivity contribution in [3.05, 3.63) is 59.3 Å². The Bertz CT molecular complexity index is 489. The molecule has 2 rings (SSSR count). The van der Waals surface area contributed by atoms with Gasteiger partial charge in [-0.2, -0.15) is 0 Å². The van der Waals surface area contributed by atoms with Crippen molar-refractivity contribution in [1.82, 2.24) is 5.32 Å². The third kappa shape index (κ3) is 3.31. The molecule has 0 atom stereocenters. The monoisotopic (exact) mass is 243 g/mol. The minimum absolute atomic E-state index is 0.0780. The number of allylic oxidation sites excluding steroid dienone is 3. The van der Waals surface area contributed by atoms with E-state index in [0.29, 0.717) is 12.2 Å². The first kappa shape index (κ1) is 12.6. The number of benzene rings is 1. The lowest BCUT2D eigenvalue weighted by Gasteiger charge is -2.10. The molecule has 1 aliphatic rings. The highest BCUT2D eigenvalue weighted by Crippen LogP contribution is 2.10. The summed E-state index contributed by atoms with van der Waals surface area (Å²) in [6.45, 7) is 0.518. The van der Waals surface area contributed by atoms with Crippen LogP contribution in [0, 0.1) is 0 Å². The van der Waals surface area contributed by atoms with Crippen LogP contribution >= 0.6 is 0 Å². The van der Waals surface area contributed by atoms with E-state index >= 15 is 0 Å². The summed E-state index contributed by atoms with van der Waals surface area (Å²) in [5.74, 6) is -0.0780. The lowest BCUT2D eigenvalue weighted by Crippen LogP contribution is -2.22. The first-order chi connectivity index (χ1) is 8.79. The second kappa shape index (κ2) is 6.17. The van der Waals surface area contributed by atoms with Crippen molar-refractivity contribution in [3.63, 3.8) is 0 Å². The van der Waals surface area contributed by atoms with E-state index < -0.39 is 0 Å². The number of carbonyl (C=O) groups is 1. The van der Waals surface area contributed by atoms with E-state index in [1.54, 1.807) is 7.11 Å². The zero-order valence-electron chi connectivity index (χ0n) is 10.5. The molecule has 18 heavy (non-hydrogen) atoms. The van der Waals surface area contributed by atoms with Gasteiger partial charge in [-0.25, -0.2) is 0 Å². The van der Waals surface area contributed by atoms with Crippen LogP contribution in [0.3, 0.4) is 0 Å². The first-order valence-corrected chi connectivity index (χ1v) is 6.05. The molecule has 0 radical (unpaired) electrons. The van der Waals surface area contributed by atoms with Crippen molar-refractivity contribution in [2.45, 2.75) is 19.4 Å². The molecule has 1 aromatic rings. The molecule has 0 heterocycles. The van der Waals surface area contributed by atoms with Crippen molar-refractivity contribution in [2.75, 3.05) is 7.11 Å². The fraction of sp³-hybridized carbons (Fsp3) is 0.267. The zero-order chi connectivity index (χ0) is 12.8. The van der Waals surface area contributed by atoms with Gasteiger partial charge in [0.2, 0.25) is 0 Å². The topological polar surface area (TPSA) is 38.3 Å². The highest BCUT2D eigenvalue weighted by molar-refractivity contribution is 5.95. The average molecular weight is 243 g/mol. The summed E-state index contributed by atoms with van der Waals surface area (Å²) in [6, 6.07) is 7.47. The lowest BCUT2D eigenvalue weighted by molar-refractivity contribution is 0.0966. The van der Waals surface area contributed by atoms with Gasteiger partial charge in [0.05, 0.1) is 6.61 Å². The molecule has 0 fully saturated rings. The van der Waals surface area contributed by atoms with Crippen molar-refractivity contribution in [3.8, 4) is 0 Å². The van der Waals surface area contributed by atoms with E-state index in [-0.39, 0.29) is 5.91 Å². The maximum absolute atomic E-state index is 12.0. The number of hydrogen-bond donors (Lipinski definition) is 1. The van der Waals surface area contributed by atoms with Gasteiger partial charge in [-0.15, -0.1) is 0 Å². The van der Waals surface area contributed by atoms with Crippen LogP contribution in [0.5, 0.6) is 0 Å². The fourth-order valence-electron chi connectivity index (χ4n) is 1.88. The largest absolute Gasteiger partial charge is 0.380 e. The quantitative estimate of drug-likeness (QED) is 0.883. The number of nitrogens with one attached hydrogen (secondary N) is 1.